The third-order valence-electron chi connectivity index (χ3n) is 3.35. The average molecular weight is 276 g/mol. The molecule has 0 spiro atoms. The number of alkyl halides is 2. The minimum absolute atomic E-state index is 0.0285. The highest BCUT2D eigenvalue weighted by atomic mass is 19.3. The van der Waals surface area contributed by atoms with Gasteiger partial charge in [0.05, 0.1) is 11.7 Å². The second kappa shape index (κ2) is 5.59. The van der Waals surface area contributed by atoms with E-state index in [0.29, 0.717) is 5.56 Å². The van der Waals surface area contributed by atoms with Crippen LogP contribution in [-0.4, -0.2) is 22.8 Å². The molecule has 104 valence electrons. The van der Waals surface area contributed by atoms with Crippen LogP contribution in [0.1, 0.15) is 31.1 Å². The lowest BCUT2D eigenvalue weighted by Crippen LogP contribution is -2.18. The molecule has 3 nitrogen and oxygen atoms in total. The van der Waals surface area contributed by atoms with Crippen molar-refractivity contribution < 1.29 is 13.5 Å². The summed E-state index contributed by atoms with van der Waals surface area (Å²) in [6.07, 6.45) is 2.25. The number of rotatable bonds is 1. The highest BCUT2D eigenvalue weighted by Crippen LogP contribution is 2.26. The highest BCUT2D eigenvalue weighted by molar-refractivity contribution is 5.80. The Balaban J connectivity index is 1.92. The Labute approximate surface area is 115 Å². The number of hydrogen-bond donors (Lipinski definition) is 0. The summed E-state index contributed by atoms with van der Waals surface area (Å²) in [6, 6.07) is 5.37. The molecule has 1 saturated heterocycles. The molecule has 1 fully saturated rings. The Morgan fingerprint density at radius 3 is 3.00 bits per heavy atom. The zero-order valence-electron chi connectivity index (χ0n) is 10.9. The van der Waals surface area contributed by atoms with Gasteiger partial charge in [-0.1, -0.05) is 5.92 Å². The minimum atomic E-state index is -2.61. The maximum Gasteiger partial charge on any atom is 0.299 e. The molecule has 2 aromatic rings. The van der Waals surface area contributed by atoms with Gasteiger partial charge in [-0.2, -0.15) is 13.9 Å². The monoisotopic (exact) mass is 276 g/mol. The fourth-order valence-corrected chi connectivity index (χ4v) is 2.41. The summed E-state index contributed by atoms with van der Waals surface area (Å²) in [5.74, 6) is 4.32. The lowest BCUT2D eigenvalue weighted by Gasteiger charge is -2.23. The molecule has 3 rings (SSSR count). The summed E-state index contributed by atoms with van der Waals surface area (Å²) in [6.45, 7) is 0.754. The molecule has 1 unspecified atom stereocenters. The van der Waals surface area contributed by atoms with Crippen LogP contribution in [0.5, 0.6) is 0 Å². The van der Waals surface area contributed by atoms with E-state index in [9.17, 15) is 8.78 Å². The van der Waals surface area contributed by atoms with Gasteiger partial charge in [0, 0.05) is 17.6 Å². The van der Waals surface area contributed by atoms with Crippen molar-refractivity contribution in [3.63, 3.8) is 0 Å². The molecule has 20 heavy (non-hydrogen) atoms. The second-order valence-corrected chi connectivity index (χ2v) is 4.75. The third-order valence-corrected chi connectivity index (χ3v) is 3.35. The van der Waals surface area contributed by atoms with E-state index in [1.54, 1.807) is 18.3 Å². The fraction of sp³-hybridized carbons (Fsp3) is 0.400. The van der Waals surface area contributed by atoms with Gasteiger partial charge in [0.25, 0.3) is 6.43 Å². The first kappa shape index (κ1) is 13.1. The van der Waals surface area contributed by atoms with E-state index in [-0.39, 0.29) is 6.23 Å². The first-order valence-corrected chi connectivity index (χ1v) is 6.62. The zero-order valence-corrected chi connectivity index (χ0v) is 10.9. The molecular formula is C15H14F2N2O. The van der Waals surface area contributed by atoms with Gasteiger partial charge in [-0.25, -0.2) is 4.68 Å². The van der Waals surface area contributed by atoms with Gasteiger partial charge in [0.15, 0.2) is 6.23 Å². The number of aromatic nitrogens is 2. The number of nitrogens with zero attached hydrogens (tertiary/aromatic N) is 2. The first-order chi connectivity index (χ1) is 9.74. The molecule has 0 bridgehead atoms. The van der Waals surface area contributed by atoms with Crippen molar-refractivity contribution in [1.29, 1.82) is 0 Å². The van der Waals surface area contributed by atoms with Crippen LogP contribution in [0.2, 0.25) is 0 Å². The number of fused-ring (bicyclic) bond motifs is 1. The van der Waals surface area contributed by atoms with Crippen molar-refractivity contribution in [3.8, 4) is 11.8 Å². The first-order valence-electron chi connectivity index (χ1n) is 6.62. The van der Waals surface area contributed by atoms with Crippen LogP contribution in [0.15, 0.2) is 24.4 Å². The Morgan fingerprint density at radius 1 is 1.35 bits per heavy atom. The maximum atomic E-state index is 12.1. The van der Waals surface area contributed by atoms with Gasteiger partial charge in [0.2, 0.25) is 0 Å². The quantitative estimate of drug-likeness (QED) is 0.747. The fourth-order valence-electron chi connectivity index (χ4n) is 2.41. The van der Waals surface area contributed by atoms with Gasteiger partial charge < -0.3 is 4.74 Å². The molecule has 1 aliphatic rings. The molecule has 5 heteroatoms. The Kier molecular flexibility index (Phi) is 3.66. The summed E-state index contributed by atoms with van der Waals surface area (Å²) >= 11 is 0. The summed E-state index contributed by atoms with van der Waals surface area (Å²) in [7, 11) is 0. The lowest BCUT2D eigenvalue weighted by molar-refractivity contribution is -0.0366. The van der Waals surface area contributed by atoms with Crippen molar-refractivity contribution >= 4 is 10.9 Å². The Morgan fingerprint density at radius 2 is 2.25 bits per heavy atom. The smallest absolute Gasteiger partial charge is 0.299 e. The summed E-state index contributed by atoms with van der Waals surface area (Å²) in [5, 5.41) is 5.24. The molecule has 0 N–H and O–H groups in total. The number of benzene rings is 1. The predicted molar refractivity (Wildman–Crippen MR) is 71.5 cm³/mol. The van der Waals surface area contributed by atoms with Gasteiger partial charge >= 0.3 is 0 Å². The van der Waals surface area contributed by atoms with E-state index in [1.165, 1.54) is 0 Å². The SMILES string of the molecule is FC(F)C#Cc1ccc2c(cnn2C2CCCCO2)c1. The summed E-state index contributed by atoms with van der Waals surface area (Å²) in [4.78, 5) is 0. The molecule has 1 aromatic heterocycles. The highest BCUT2D eigenvalue weighted by Gasteiger charge is 2.18. The van der Waals surface area contributed by atoms with Crippen molar-refractivity contribution in [3.05, 3.63) is 30.0 Å². The van der Waals surface area contributed by atoms with E-state index in [2.05, 4.69) is 11.0 Å². The Bertz CT molecular complexity index is 663. The van der Waals surface area contributed by atoms with E-state index >= 15 is 0 Å². The largest absolute Gasteiger partial charge is 0.356 e. The van der Waals surface area contributed by atoms with Crippen LogP contribution in [0.4, 0.5) is 8.78 Å². The van der Waals surface area contributed by atoms with Crippen molar-refractivity contribution in [2.75, 3.05) is 6.61 Å². The molecule has 1 atom stereocenters. The molecule has 2 heterocycles. The van der Waals surface area contributed by atoms with Crippen LogP contribution < -0.4 is 0 Å². The number of hydrogen-bond acceptors (Lipinski definition) is 2. The molecule has 1 aliphatic heterocycles. The van der Waals surface area contributed by atoms with E-state index < -0.39 is 6.43 Å². The third kappa shape index (κ3) is 2.66. The molecule has 0 saturated carbocycles. The Hall–Kier alpha value is -1.93. The van der Waals surface area contributed by atoms with Gasteiger partial charge in [-0.05, 0) is 43.4 Å². The molecule has 0 radical (unpaired) electrons. The summed E-state index contributed by atoms with van der Waals surface area (Å²) in [5.41, 5.74) is 1.52. The summed E-state index contributed by atoms with van der Waals surface area (Å²) < 4.78 is 31.7. The second-order valence-electron chi connectivity index (χ2n) is 4.75. The maximum absolute atomic E-state index is 12.1. The van der Waals surface area contributed by atoms with Crippen molar-refractivity contribution in [1.82, 2.24) is 9.78 Å². The van der Waals surface area contributed by atoms with Gasteiger partial charge in [-0.15, -0.1) is 0 Å². The topological polar surface area (TPSA) is 27.1 Å². The van der Waals surface area contributed by atoms with Crippen LogP contribution >= 0.6 is 0 Å². The molecule has 0 aliphatic carbocycles. The standard InChI is InChI=1S/C15H14F2N2O/c16-14(17)7-5-11-4-6-13-12(9-11)10-18-19(13)15-3-1-2-8-20-15/h4,6,9-10,14-15H,1-3,8H2. The van der Waals surface area contributed by atoms with Gasteiger partial charge in [0.1, 0.15) is 0 Å². The van der Waals surface area contributed by atoms with Crippen molar-refractivity contribution in [2.24, 2.45) is 0 Å². The van der Waals surface area contributed by atoms with Crippen LogP contribution in [0.25, 0.3) is 10.9 Å². The lowest BCUT2D eigenvalue weighted by atomic mass is 10.1. The van der Waals surface area contributed by atoms with E-state index in [0.717, 1.165) is 36.8 Å². The molecule has 1 aromatic carbocycles. The predicted octanol–water partition coefficient (Wildman–Crippen LogP) is 3.35. The van der Waals surface area contributed by atoms with Crippen LogP contribution in [0, 0.1) is 11.8 Å². The van der Waals surface area contributed by atoms with E-state index in [4.69, 9.17) is 4.74 Å². The van der Waals surface area contributed by atoms with Crippen LogP contribution in [0.3, 0.4) is 0 Å². The molecular weight excluding hydrogens is 262 g/mol. The van der Waals surface area contributed by atoms with Crippen molar-refractivity contribution in [2.45, 2.75) is 31.9 Å². The normalized spacial score (nSPS) is 19.1. The van der Waals surface area contributed by atoms with Gasteiger partial charge in [-0.3, -0.25) is 0 Å². The molecule has 0 amide bonds. The number of halogens is 2. The average Bonchev–Trinajstić information content (AvgIpc) is 2.89. The van der Waals surface area contributed by atoms with E-state index in [1.807, 2.05) is 16.7 Å². The van der Waals surface area contributed by atoms with Crippen LogP contribution in [-0.2, 0) is 4.74 Å². The minimum Gasteiger partial charge on any atom is -0.356 e. The number of ether oxygens (including phenoxy) is 1. The zero-order chi connectivity index (χ0) is 13.9.